The number of hydrogen-bond acceptors (Lipinski definition) is 7. The van der Waals surface area contributed by atoms with E-state index in [0.29, 0.717) is 24.2 Å². The van der Waals surface area contributed by atoms with Crippen LogP contribution in [0, 0.1) is 17.7 Å². The van der Waals surface area contributed by atoms with Crippen molar-refractivity contribution in [2.75, 3.05) is 20.1 Å². The zero-order valence-corrected chi connectivity index (χ0v) is 21.6. The zero-order chi connectivity index (χ0) is 25.7. The molecule has 1 aromatic carbocycles. The number of nitrogens with zero attached hydrogens (tertiary/aromatic N) is 2. The van der Waals surface area contributed by atoms with Crippen molar-refractivity contribution >= 4 is 28.8 Å². The molecule has 1 aliphatic carbocycles. The minimum Gasteiger partial charge on any atom is -0.333 e. The third kappa shape index (κ3) is 5.90. The number of rotatable bonds is 10. The number of hydrogen-bond donors (Lipinski definition) is 2. The Balaban J connectivity index is 1.54. The minimum atomic E-state index is -0.438. The van der Waals surface area contributed by atoms with Crippen molar-refractivity contribution in [3.05, 3.63) is 51.7 Å². The number of aromatic nitrogens is 1. The highest BCUT2D eigenvalue weighted by Gasteiger charge is 2.40. The summed E-state index contributed by atoms with van der Waals surface area (Å²) in [5.41, 5.74) is 6.33. The number of nitrogens with one attached hydrogen (secondary N) is 1. The van der Waals surface area contributed by atoms with Gasteiger partial charge in [-0.25, -0.2) is 9.37 Å². The number of ketones is 2. The van der Waals surface area contributed by atoms with Crippen molar-refractivity contribution in [3.63, 3.8) is 0 Å². The topological polar surface area (TPSA) is 105 Å². The van der Waals surface area contributed by atoms with Crippen molar-refractivity contribution in [2.24, 2.45) is 17.6 Å². The molecule has 36 heavy (non-hydrogen) atoms. The van der Waals surface area contributed by atoms with Gasteiger partial charge in [0, 0.05) is 23.4 Å². The summed E-state index contributed by atoms with van der Waals surface area (Å²) in [5.74, 6) is -0.651. The van der Waals surface area contributed by atoms with E-state index in [9.17, 15) is 18.8 Å². The maximum atomic E-state index is 14.0. The lowest BCUT2D eigenvalue weighted by molar-refractivity contribution is -0.139. The van der Waals surface area contributed by atoms with Crippen LogP contribution < -0.4 is 11.1 Å². The van der Waals surface area contributed by atoms with Crippen LogP contribution in [0.4, 0.5) is 4.39 Å². The van der Waals surface area contributed by atoms with Gasteiger partial charge in [-0.3, -0.25) is 14.4 Å². The van der Waals surface area contributed by atoms with Gasteiger partial charge in [0.2, 0.25) is 11.7 Å². The molecule has 2 fully saturated rings. The van der Waals surface area contributed by atoms with Crippen molar-refractivity contribution in [2.45, 2.75) is 63.5 Å². The Morgan fingerprint density at radius 2 is 1.86 bits per heavy atom. The van der Waals surface area contributed by atoms with E-state index in [1.54, 1.807) is 12.4 Å². The average molecular weight is 515 g/mol. The summed E-state index contributed by atoms with van der Waals surface area (Å²) in [5, 5.41) is 5.54. The molecule has 3 N–H and O–H groups in total. The normalized spacial score (nSPS) is 20.3. The highest BCUT2D eigenvalue weighted by molar-refractivity contribution is 7.10. The van der Waals surface area contributed by atoms with E-state index >= 15 is 0 Å². The van der Waals surface area contributed by atoms with Crippen LogP contribution in [0.25, 0.3) is 0 Å². The van der Waals surface area contributed by atoms with Crippen LogP contribution in [0.15, 0.2) is 29.6 Å². The van der Waals surface area contributed by atoms with Gasteiger partial charge in [0.15, 0.2) is 5.78 Å². The van der Waals surface area contributed by atoms with E-state index in [-0.39, 0.29) is 41.9 Å². The number of amides is 1. The number of halogens is 1. The summed E-state index contributed by atoms with van der Waals surface area (Å²) >= 11 is 1.39. The third-order valence-electron chi connectivity index (χ3n) is 7.65. The third-order valence-corrected chi connectivity index (χ3v) is 8.59. The summed E-state index contributed by atoms with van der Waals surface area (Å²) < 4.78 is 13.3. The number of likely N-dealkylation sites (N-methyl/N-ethyl adjacent to an activating group) is 1. The number of likely N-dealkylation sites (tertiary alicyclic amines) is 1. The van der Waals surface area contributed by atoms with E-state index in [2.05, 4.69) is 10.3 Å². The predicted molar refractivity (Wildman–Crippen MR) is 137 cm³/mol. The largest absolute Gasteiger partial charge is 0.333 e. The van der Waals surface area contributed by atoms with E-state index in [0.717, 1.165) is 43.5 Å². The molecule has 0 radical (unpaired) electrons. The standard InChI is InChI=1S/C27H35FN4O3S/c1-30-21(24(33)15-29)14-20(17-6-3-2-4-7-17)27(35)32-13-5-8-23(32)26-31-22(16-36-26)25(34)18-9-11-19(28)12-10-18/h9-12,16-17,20-21,23,30H,2-8,13-15,29H2,1H3. The predicted octanol–water partition coefficient (Wildman–Crippen LogP) is 3.88. The van der Waals surface area contributed by atoms with Crippen molar-refractivity contribution in [1.29, 1.82) is 0 Å². The highest BCUT2D eigenvalue weighted by atomic mass is 32.1. The fourth-order valence-electron chi connectivity index (χ4n) is 5.63. The number of Topliss-reactive ketones (excluding diaryl/α,β-unsaturated/α-hetero) is 1. The lowest BCUT2D eigenvalue weighted by Gasteiger charge is -2.35. The Kier molecular flexibility index (Phi) is 8.98. The fraction of sp³-hybridized carbons (Fsp3) is 0.556. The van der Waals surface area contributed by atoms with Crippen LogP contribution in [0.3, 0.4) is 0 Å². The molecule has 0 bridgehead atoms. The molecule has 1 aromatic heterocycles. The van der Waals surface area contributed by atoms with Gasteiger partial charge in [-0.15, -0.1) is 11.3 Å². The lowest BCUT2D eigenvalue weighted by atomic mass is 9.76. The second kappa shape index (κ2) is 12.2. The number of thiazole rings is 1. The SMILES string of the molecule is CNC(CC(C(=O)N1CCCC1c1nc(C(=O)c2ccc(F)cc2)cs1)C1CCCCC1)C(=O)CN. The summed E-state index contributed by atoms with van der Waals surface area (Å²) in [6.45, 7) is 0.593. The maximum absolute atomic E-state index is 14.0. The molecule has 1 saturated carbocycles. The van der Waals surface area contributed by atoms with Gasteiger partial charge in [-0.1, -0.05) is 19.3 Å². The number of benzene rings is 1. The van der Waals surface area contributed by atoms with E-state index < -0.39 is 11.9 Å². The summed E-state index contributed by atoms with van der Waals surface area (Å²) in [7, 11) is 1.74. The molecular weight excluding hydrogens is 479 g/mol. The molecule has 7 nitrogen and oxygen atoms in total. The van der Waals surface area contributed by atoms with Crippen molar-refractivity contribution in [1.82, 2.24) is 15.2 Å². The molecule has 2 aromatic rings. The van der Waals surface area contributed by atoms with Crippen LogP contribution >= 0.6 is 11.3 Å². The van der Waals surface area contributed by atoms with Crippen molar-refractivity contribution in [3.8, 4) is 0 Å². The van der Waals surface area contributed by atoms with Gasteiger partial charge in [0.05, 0.1) is 18.6 Å². The molecule has 3 unspecified atom stereocenters. The van der Waals surface area contributed by atoms with Gasteiger partial charge >= 0.3 is 0 Å². The molecule has 1 amide bonds. The summed E-state index contributed by atoms with van der Waals surface area (Å²) in [4.78, 5) is 45.8. The highest BCUT2D eigenvalue weighted by Crippen LogP contribution is 2.39. The van der Waals surface area contributed by atoms with Gasteiger partial charge in [0.1, 0.15) is 16.5 Å². The van der Waals surface area contributed by atoms with Gasteiger partial charge in [-0.2, -0.15) is 0 Å². The van der Waals surface area contributed by atoms with E-state index in [1.807, 2.05) is 4.90 Å². The lowest BCUT2D eigenvalue weighted by Crippen LogP contribution is -2.46. The molecule has 2 aliphatic rings. The monoisotopic (exact) mass is 514 g/mol. The molecule has 2 heterocycles. The summed E-state index contributed by atoms with van der Waals surface area (Å²) in [6.07, 6.45) is 7.49. The quantitative estimate of drug-likeness (QED) is 0.466. The number of nitrogens with two attached hydrogens (primary N) is 1. The maximum Gasteiger partial charge on any atom is 0.226 e. The Bertz CT molecular complexity index is 1070. The molecule has 9 heteroatoms. The smallest absolute Gasteiger partial charge is 0.226 e. The Hall–Kier alpha value is -2.49. The molecule has 194 valence electrons. The van der Waals surface area contributed by atoms with E-state index in [1.165, 1.54) is 42.0 Å². The van der Waals surface area contributed by atoms with Gasteiger partial charge in [0.25, 0.3) is 0 Å². The van der Waals surface area contributed by atoms with Crippen LogP contribution in [0.5, 0.6) is 0 Å². The molecular formula is C27H35FN4O3S. The Morgan fingerprint density at radius 1 is 1.14 bits per heavy atom. The van der Waals surface area contributed by atoms with Crippen molar-refractivity contribution < 1.29 is 18.8 Å². The van der Waals surface area contributed by atoms with Crippen LogP contribution in [-0.4, -0.2) is 53.5 Å². The number of carbonyl (C=O) groups excluding carboxylic acids is 3. The van der Waals surface area contributed by atoms with Crippen LogP contribution in [0.2, 0.25) is 0 Å². The fourth-order valence-corrected chi connectivity index (χ4v) is 6.58. The molecule has 3 atom stereocenters. The molecule has 4 rings (SSSR count). The first-order valence-corrected chi connectivity index (χ1v) is 13.8. The minimum absolute atomic E-state index is 0.0482. The van der Waals surface area contributed by atoms with Gasteiger partial charge in [-0.05, 0) is 69.3 Å². The summed E-state index contributed by atoms with van der Waals surface area (Å²) in [6, 6.07) is 4.82. The zero-order valence-electron chi connectivity index (χ0n) is 20.7. The second-order valence-electron chi connectivity index (χ2n) is 9.85. The van der Waals surface area contributed by atoms with Gasteiger partial charge < -0.3 is 16.0 Å². The molecule has 1 saturated heterocycles. The average Bonchev–Trinajstić information content (AvgIpc) is 3.59. The van der Waals surface area contributed by atoms with E-state index in [4.69, 9.17) is 5.73 Å². The first-order valence-electron chi connectivity index (χ1n) is 12.9. The molecule has 0 spiro atoms. The Morgan fingerprint density at radius 3 is 2.53 bits per heavy atom. The van der Waals surface area contributed by atoms with Crippen LogP contribution in [0.1, 0.15) is 78.5 Å². The first kappa shape index (κ1) is 26.6. The Labute approximate surface area is 215 Å². The molecule has 1 aliphatic heterocycles. The first-order chi connectivity index (χ1) is 17.4. The number of carbonyl (C=O) groups is 3. The van der Waals surface area contributed by atoms with Crippen LogP contribution in [-0.2, 0) is 9.59 Å². The second-order valence-corrected chi connectivity index (χ2v) is 10.7.